The minimum absolute atomic E-state index is 0. The Balaban J connectivity index is 0.00000154. The topological polar surface area (TPSA) is 171 Å². The first-order valence-corrected chi connectivity index (χ1v) is 8.03. The molecule has 2 rings (SSSR count). The minimum Gasteiger partial charge on any atom is -0.652 e. The van der Waals surface area contributed by atoms with Crippen molar-refractivity contribution in [2.24, 2.45) is 0 Å². The normalized spacial score (nSPS) is 13.2. The first kappa shape index (κ1) is 27.4. The molecule has 0 saturated carbocycles. The van der Waals surface area contributed by atoms with Crippen molar-refractivity contribution in [1.29, 1.82) is 0 Å². The third kappa shape index (κ3) is 6.44. The maximum atomic E-state index is 12.3. The van der Waals surface area contributed by atoms with Crippen LogP contribution in [0.2, 0.25) is 0 Å². The Kier molecular flexibility index (Phi) is 11.1. The van der Waals surface area contributed by atoms with Gasteiger partial charge in [0.2, 0.25) is 0 Å². The van der Waals surface area contributed by atoms with E-state index in [1.165, 1.54) is 32.4 Å². The van der Waals surface area contributed by atoms with Crippen molar-refractivity contribution in [3.05, 3.63) is 62.5 Å². The number of hydrogen-bond donors (Lipinski definition) is 1. The summed E-state index contributed by atoms with van der Waals surface area (Å²) in [6.45, 7) is 3.29. The third-order valence-corrected chi connectivity index (χ3v) is 4.02. The van der Waals surface area contributed by atoms with Crippen LogP contribution in [-0.4, -0.2) is 75.0 Å². The monoisotopic (exact) mass is 446 g/mol. The van der Waals surface area contributed by atoms with Gasteiger partial charge in [0.1, 0.15) is 0 Å². The minimum atomic E-state index is -2.33. The van der Waals surface area contributed by atoms with Crippen LogP contribution in [0.1, 0.15) is 25.3 Å². The molecule has 0 spiro atoms. The van der Waals surface area contributed by atoms with Crippen molar-refractivity contribution in [1.82, 2.24) is 5.32 Å². The first-order chi connectivity index (χ1) is 13.6. The molecule has 12 heteroatoms. The summed E-state index contributed by atoms with van der Waals surface area (Å²) >= 11 is 0. The van der Waals surface area contributed by atoms with Crippen LogP contribution in [0.15, 0.2) is 46.8 Å². The van der Waals surface area contributed by atoms with Crippen molar-refractivity contribution in [3.8, 4) is 0 Å². The number of benzene rings is 1. The summed E-state index contributed by atoms with van der Waals surface area (Å²) in [5, 5.41) is 31.1. The van der Waals surface area contributed by atoms with E-state index in [4.69, 9.17) is 24.5 Å². The molecule has 0 atom stereocenters. The van der Waals surface area contributed by atoms with Crippen molar-refractivity contribution < 1.29 is 39.0 Å². The van der Waals surface area contributed by atoms with Gasteiger partial charge in [-0.05, 0) is 20.0 Å². The number of hydrogen-bond acceptors (Lipinski definition) is 10. The average molecular weight is 446 g/mol. The van der Waals surface area contributed by atoms with E-state index in [-0.39, 0.29) is 60.1 Å². The van der Waals surface area contributed by atoms with Gasteiger partial charge in [-0.1, -0.05) is 18.2 Å². The fraction of sp³-hybridized carbons (Fsp3) is 0.278. The molecule has 0 saturated heterocycles. The number of allylic oxidation sites excluding steroid dienone is 2. The van der Waals surface area contributed by atoms with Crippen LogP contribution in [0.5, 0.6) is 0 Å². The van der Waals surface area contributed by atoms with E-state index in [2.05, 4.69) is 5.32 Å². The summed E-state index contributed by atoms with van der Waals surface area (Å²) in [6, 6.07) is 5.97. The quantitative estimate of drug-likeness (QED) is 0.271. The maximum Gasteiger partial charge on any atom is 2.00 e. The van der Waals surface area contributed by atoms with Crippen molar-refractivity contribution in [3.63, 3.8) is 0 Å². The number of esters is 2. The van der Waals surface area contributed by atoms with Gasteiger partial charge in [-0.25, -0.2) is 9.59 Å². The molecule has 0 aliphatic carbocycles. The molecule has 1 aromatic rings. The van der Waals surface area contributed by atoms with E-state index < -0.39 is 28.9 Å². The second-order valence-corrected chi connectivity index (χ2v) is 5.68. The number of carbonyl (C=O) groups excluding carboxylic acids is 3. The van der Waals surface area contributed by atoms with Gasteiger partial charge in [0.15, 0.2) is 0 Å². The summed E-state index contributed by atoms with van der Waals surface area (Å²) in [7, 11) is 2.42. The van der Waals surface area contributed by atoms with Crippen molar-refractivity contribution >= 4 is 61.5 Å². The van der Waals surface area contributed by atoms with Crippen LogP contribution in [0.4, 0.5) is 10.5 Å². The molecule has 1 aliphatic heterocycles. The zero-order valence-electron chi connectivity index (χ0n) is 16.7. The Bertz CT molecular complexity index is 867. The Labute approximate surface area is 201 Å². The zero-order chi connectivity index (χ0) is 22.3. The molecule has 30 heavy (non-hydrogen) atoms. The number of nitrogens with zero attached hydrogens (tertiary/aromatic N) is 1. The summed E-state index contributed by atoms with van der Waals surface area (Å²) in [5.74, 6) is -2.33. The van der Waals surface area contributed by atoms with Crippen LogP contribution in [0.25, 0.3) is 0 Å². The number of para-hydroxylation sites is 1. The maximum absolute atomic E-state index is 12.3. The Morgan fingerprint density at radius 1 is 0.967 bits per heavy atom. The van der Waals surface area contributed by atoms with E-state index in [1.807, 2.05) is 0 Å². The number of dihydropyridines is 1. The average Bonchev–Trinajstić information content (AvgIpc) is 2.65. The molecule has 11 nitrogen and oxygen atoms in total. The number of carboxylic acid groups (broad SMARTS) is 2. The van der Waals surface area contributed by atoms with Gasteiger partial charge in [-0.2, -0.15) is 0 Å². The van der Waals surface area contributed by atoms with Crippen LogP contribution in [0.3, 0.4) is 0 Å². The molecular weight excluding hydrogens is 428 g/mol. The summed E-state index contributed by atoms with van der Waals surface area (Å²) in [6.07, 6.45) is -2.33. The molecule has 156 valence electrons. The Hall–Kier alpha value is -2.63. The zero-order valence-corrected chi connectivity index (χ0v) is 18.9. The second-order valence-electron chi connectivity index (χ2n) is 5.68. The SMILES string of the molecule is COC(=O)C1=C(C)NC(C)=C(C(=O)OC)C1c1ccccc1[N+](=O)[O-].O=C([O-])[O-].[Ca+2]. The van der Waals surface area contributed by atoms with Crippen LogP contribution >= 0.6 is 0 Å². The van der Waals surface area contributed by atoms with Gasteiger partial charge >= 0.3 is 49.7 Å². The fourth-order valence-corrected chi connectivity index (χ4v) is 2.96. The number of nitro benzene ring substituents is 1. The van der Waals surface area contributed by atoms with Gasteiger partial charge < -0.3 is 29.8 Å². The predicted molar refractivity (Wildman–Crippen MR) is 99.6 cm³/mol. The van der Waals surface area contributed by atoms with E-state index in [0.29, 0.717) is 11.4 Å². The molecular formula is C18H18CaN2O9. The number of nitro groups is 1. The molecule has 1 heterocycles. The Morgan fingerprint density at radius 3 is 1.73 bits per heavy atom. The largest absolute Gasteiger partial charge is 2.00 e. The number of carbonyl (C=O) groups is 3. The predicted octanol–water partition coefficient (Wildman–Crippen LogP) is -0.652. The van der Waals surface area contributed by atoms with Crippen molar-refractivity contribution in [2.45, 2.75) is 19.8 Å². The van der Waals surface area contributed by atoms with Gasteiger partial charge in [0, 0.05) is 23.0 Å². The standard InChI is InChI=1S/C17H18N2O6.CH2O3.Ca/c1-9-13(16(20)24-3)15(14(10(2)18-9)17(21)25-4)11-7-5-6-8-12(11)19(22)23;2-1(3)4;/h5-8,15,18H,1-4H3;(H2,2,3,4);/q;;+2/p-2. The molecule has 0 amide bonds. The molecule has 1 aromatic carbocycles. The van der Waals surface area contributed by atoms with Gasteiger partial charge in [-0.15, -0.1) is 0 Å². The van der Waals surface area contributed by atoms with E-state index in [1.54, 1.807) is 19.9 Å². The second kappa shape index (κ2) is 12.2. The summed E-state index contributed by atoms with van der Waals surface area (Å²) in [5.41, 5.74) is 1.19. The van der Waals surface area contributed by atoms with Gasteiger partial charge in [0.25, 0.3) is 5.69 Å². The van der Waals surface area contributed by atoms with Crippen LogP contribution in [-0.2, 0) is 19.1 Å². The van der Waals surface area contributed by atoms with E-state index >= 15 is 0 Å². The molecule has 1 N–H and O–H groups in total. The van der Waals surface area contributed by atoms with E-state index in [0.717, 1.165) is 0 Å². The Morgan fingerprint density at radius 2 is 1.37 bits per heavy atom. The number of rotatable bonds is 4. The fourth-order valence-electron chi connectivity index (χ4n) is 2.96. The summed E-state index contributed by atoms with van der Waals surface area (Å²) < 4.78 is 9.66. The van der Waals surface area contributed by atoms with E-state index in [9.17, 15) is 19.7 Å². The summed E-state index contributed by atoms with van der Waals surface area (Å²) in [4.78, 5) is 43.9. The number of methoxy groups -OCH3 is 2. The number of ether oxygens (including phenoxy) is 2. The molecule has 0 aromatic heterocycles. The van der Waals surface area contributed by atoms with Gasteiger partial charge in [0.05, 0.1) is 36.2 Å². The molecule has 0 radical (unpaired) electrons. The molecule has 1 aliphatic rings. The molecule has 0 fully saturated rings. The number of nitrogens with one attached hydrogen (secondary N) is 1. The van der Waals surface area contributed by atoms with Crippen molar-refractivity contribution in [2.75, 3.05) is 14.2 Å². The third-order valence-electron chi connectivity index (χ3n) is 4.02. The van der Waals surface area contributed by atoms with Crippen LogP contribution in [0, 0.1) is 10.1 Å². The molecule has 0 unspecified atom stereocenters. The first-order valence-electron chi connectivity index (χ1n) is 8.03. The smallest absolute Gasteiger partial charge is 0.652 e. The van der Waals surface area contributed by atoms with Gasteiger partial charge in [-0.3, -0.25) is 10.1 Å². The van der Waals surface area contributed by atoms with Crippen LogP contribution < -0.4 is 15.5 Å². The molecule has 0 bridgehead atoms.